The van der Waals surface area contributed by atoms with Gasteiger partial charge in [0.25, 0.3) is 0 Å². The summed E-state index contributed by atoms with van der Waals surface area (Å²) in [6, 6.07) is 0. The van der Waals surface area contributed by atoms with E-state index in [-0.39, 0.29) is 27.0 Å². The van der Waals surface area contributed by atoms with Crippen molar-refractivity contribution in [1.82, 2.24) is 0 Å². The van der Waals surface area contributed by atoms with E-state index in [1.54, 1.807) is 0 Å². The molecule has 0 unspecified atom stereocenters. The molecule has 56 valence electrons. The molecule has 0 aliphatic carbocycles. The normalized spacial score (nSPS) is 6.22. The summed E-state index contributed by atoms with van der Waals surface area (Å²) >= 11 is 0. The minimum Gasteiger partial charge on any atom is -0.550 e. The molecule has 9 heavy (non-hydrogen) atoms. The highest BCUT2D eigenvalue weighted by Crippen LogP contribution is 1.66. The number of aliphatic carboxylic acids is 2. The van der Waals surface area contributed by atoms with Crippen LogP contribution in [-0.2, 0) is 36.6 Å². The largest absolute Gasteiger partial charge is 0.550 e. The fourth-order valence-electron chi connectivity index (χ4n) is 0.118. The van der Waals surface area contributed by atoms with Crippen molar-refractivity contribution in [3.05, 3.63) is 0 Å². The summed E-state index contributed by atoms with van der Waals surface area (Å²) < 4.78 is 0. The van der Waals surface area contributed by atoms with Gasteiger partial charge in [-0.05, 0) is 0 Å². The molecule has 0 heterocycles. The highest BCUT2D eigenvalue weighted by atomic mass is 32.1. The van der Waals surface area contributed by atoms with Crippen molar-refractivity contribution in [2.45, 2.75) is 6.42 Å². The van der Waals surface area contributed by atoms with Crippen molar-refractivity contribution in [2.75, 3.05) is 0 Å². The maximum Gasteiger partial charge on any atom is 0.0470 e. The molecule has 0 radical (unpaired) electrons. The van der Waals surface area contributed by atoms with Crippen LogP contribution in [0.25, 0.3) is 0 Å². The van der Waals surface area contributed by atoms with E-state index >= 15 is 0 Å². The van der Waals surface area contributed by atoms with Gasteiger partial charge < -0.3 is 19.8 Å². The van der Waals surface area contributed by atoms with Gasteiger partial charge in [-0.15, -0.1) is 0 Å². The average Bonchev–Trinajstić information content (AvgIpc) is 1.27. The Morgan fingerprint density at radius 3 is 1.22 bits per heavy atom. The average molecular weight is 172 g/mol. The molecule has 0 N–H and O–H groups in total. The van der Waals surface area contributed by atoms with Crippen LogP contribution in [0.15, 0.2) is 0 Å². The summed E-state index contributed by atoms with van der Waals surface area (Å²) in [6.45, 7) is 0. The first-order valence-electron chi connectivity index (χ1n) is 1.52. The van der Waals surface area contributed by atoms with Crippen LogP contribution in [0.3, 0.4) is 0 Å². The molecule has 0 aliphatic rings. The molecule has 0 bridgehead atoms. The number of carboxylic acid groups (broad SMARTS) is 2. The number of carbonyl (C=O) groups excluding carboxylic acids is 2. The lowest BCUT2D eigenvalue weighted by Crippen LogP contribution is -2.32. The van der Waals surface area contributed by atoms with Gasteiger partial charge in [-0.1, -0.05) is 27.0 Å². The lowest BCUT2D eigenvalue weighted by atomic mass is 10.5. The molecule has 0 fully saturated rings. The van der Waals surface area contributed by atoms with Gasteiger partial charge in [0.2, 0.25) is 0 Å². The first kappa shape index (κ1) is 15.9. The highest BCUT2D eigenvalue weighted by Gasteiger charge is 1.81. The van der Waals surface area contributed by atoms with E-state index in [1.165, 1.54) is 0 Å². The Morgan fingerprint density at radius 2 is 1.22 bits per heavy atom. The minimum atomic E-state index is -1.63. The van der Waals surface area contributed by atoms with Crippen molar-refractivity contribution in [2.24, 2.45) is 0 Å². The van der Waals surface area contributed by atoms with Crippen LogP contribution >= 0.6 is 0 Å². The van der Waals surface area contributed by atoms with Crippen molar-refractivity contribution in [3.63, 3.8) is 0 Å². The molecule has 0 amide bonds. The number of carboxylic acids is 2. The lowest BCUT2D eigenvalue weighted by Gasteiger charge is -1.99. The van der Waals surface area contributed by atoms with Gasteiger partial charge in [0.15, 0.2) is 0 Å². The van der Waals surface area contributed by atoms with Gasteiger partial charge in [-0.2, -0.15) is 0 Å². The van der Waals surface area contributed by atoms with E-state index in [2.05, 4.69) is 0 Å². The number of hydrogen-bond donors (Lipinski definition) is 0. The van der Waals surface area contributed by atoms with Crippen LogP contribution in [0.4, 0.5) is 0 Å². The fourth-order valence-corrected chi connectivity index (χ4v) is 0.118. The second-order valence-electron chi connectivity index (χ2n) is 0.921. The molecule has 0 aromatic rings. The molecular formula is C3H8O4S2. The van der Waals surface area contributed by atoms with E-state index in [0.717, 1.165) is 0 Å². The molecule has 0 rings (SSSR count). The Labute approximate surface area is 65.8 Å². The maximum atomic E-state index is 9.28. The van der Waals surface area contributed by atoms with E-state index in [1.807, 2.05) is 0 Å². The maximum absolute atomic E-state index is 9.28. The zero-order valence-electron chi connectivity index (χ0n) is 4.49. The first-order valence-corrected chi connectivity index (χ1v) is 1.52. The van der Waals surface area contributed by atoms with Crippen LogP contribution in [0, 0.1) is 0 Å². The summed E-state index contributed by atoms with van der Waals surface area (Å²) in [5.74, 6) is -3.25. The van der Waals surface area contributed by atoms with Gasteiger partial charge in [-0.3, -0.25) is 0 Å². The van der Waals surface area contributed by atoms with Crippen LogP contribution < -0.4 is 10.2 Å². The monoisotopic (exact) mass is 172 g/mol. The summed E-state index contributed by atoms with van der Waals surface area (Å²) in [5, 5.41) is 18.6. The molecule has 0 saturated carbocycles. The Balaban J connectivity index is -0.000000180. The number of hydrogen-bond acceptors (Lipinski definition) is 4. The Hall–Kier alpha value is -0.360. The smallest absolute Gasteiger partial charge is 0.0470 e. The second-order valence-corrected chi connectivity index (χ2v) is 0.921. The number of rotatable bonds is 2. The first-order chi connectivity index (χ1) is 3.13. The van der Waals surface area contributed by atoms with Crippen molar-refractivity contribution in [1.29, 1.82) is 0 Å². The molecule has 0 spiro atoms. The molecule has 0 aliphatic heterocycles. The van der Waals surface area contributed by atoms with Crippen molar-refractivity contribution < 1.29 is 19.8 Å². The molecule has 0 aromatic carbocycles. The topological polar surface area (TPSA) is 80.3 Å². The Bertz CT molecular complexity index is 90.0. The summed E-state index contributed by atoms with van der Waals surface area (Å²) in [7, 11) is 0. The van der Waals surface area contributed by atoms with Gasteiger partial charge in [0.05, 0.1) is 0 Å². The lowest BCUT2D eigenvalue weighted by molar-refractivity contribution is -0.322. The van der Waals surface area contributed by atoms with Crippen molar-refractivity contribution >= 4 is 38.9 Å². The van der Waals surface area contributed by atoms with Crippen LogP contribution in [0.5, 0.6) is 0 Å². The fraction of sp³-hybridized carbons (Fsp3) is 0.333. The standard InChI is InChI=1S/C3H4O4.2H2S/c4-2(5)1-3(6)7;;/h1H2,(H,4,5)(H,6,7);2*1H2. The SMILES string of the molecule is O=C([O-])CC(=O)[O-].[SH3+].[SH3+]. The van der Waals surface area contributed by atoms with Gasteiger partial charge in [0.1, 0.15) is 0 Å². The van der Waals surface area contributed by atoms with Crippen molar-refractivity contribution in [3.8, 4) is 0 Å². The Kier molecular flexibility index (Phi) is 13.5. The van der Waals surface area contributed by atoms with E-state index in [0.29, 0.717) is 0 Å². The predicted molar refractivity (Wildman–Crippen MR) is 37.7 cm³/mol. The van der Waals surface area contributed by atoms with Crippen LogP contribution in [0.2, 0.25) is 0 Å². The van der Waals surface area contributed by atoms with E-state index in [9.17, 15) is 19.8 Å². The summed E-state index contributed by atoms with van der Waals surface area (Å²) in [6.07, 6.45) is -1.03. The predicted octanol–water partition coefficient (Wildman–Crippen LogP) is -4.73. The molecular weight excluding hydrogens is 164 g/mol. The molecule has 0 atom stereocenters. The van der Waals surface area contributed by atoms with E-state index in [4.69, 9.17) is 0 Å². The molecule has 4 nitrogen and oxygen atoms in total. The zero-order valence-corrected chi connectivity index (χ0v) is 6.80. The third kappa shape index (κ3) is 18.3. The van der Waals surface area contributed by atoms with E-state index < -0.39 is 18.4 Å². The Morgan fingerprint density at radius 1 is 1.00 bits per heavy atom. The molecule has 0 saturated heterocycles. The third-order valence-electron chi connectivity index (χ3n) is 0.289. The van der Waals surface area contributed by atoms with Gasteiger partial charge in [-0.25, -0.2) is 0 Å². The minimum absolute atomic E-state index is 0. The zero-order chi connectivity index (χ0) is 5.86. The van der Waals surface area contributed by atoms with Crippen LogP contribution in [-0.4, -0.2) is 11.9 Å². The van der Waals surface area contributed by atoms with Gasteiger partial charge >= 0.3 is 0 Å². The quantitative estimate of drug-likeness (QED) is 0.309. The highest BCUT2D eigenvalue weighted by molar-refractivity contribution is 7.37. The third-order valence-corrected chi connectivity index (χ3v) is 0.289. The summed E-state index contributed by atoms with van der Waals surface area (Å²) in [5.41, 5.74) is 0. The second kappa shape index (κ2) is 7.64. The van der Waals surface area contributed by atoms with Crippen LogP contribution in [0.1, 0.15) is 6.42 Å². The molecule has 6 heteroatoms. The molecule has 0 aromatic heterocycles. The summed E-state index contributed by atoms with van der Waals surface area (Å²) in [4.78, 5) is 18.6. The van der Waals surface area contributed by atoms with Gasteiger partial charge in [0, 0.05) is 18.4 Å². The number of carbonyl (C=O) groups is 2.